The summed E-state index contributed by atoms with van der Waals surface area (Å²) in [5, 5.41) is 7.45. The first-order valence-corrected chi connectivity index (χ1v) is 13.9. The molecule has 1 aromatic carbocycles. The molecular weight excluding hydrogens is 473 g/mol. The molecular formula is C23H29ClN7O2P. The average Bonchev–Trinajstić information content (AvgIpc) is 2.81. The van der Waals surface area contributed by atoms with Gasteiger partial charge in [-0.2, -0.15) is 9.97 Å². The number of benzene rings is 1. The van der Waals surface area contributed by atoms with Crippen LogP contribution in [0.5, 0.6) is 5.88 Å². The number of hydrogen-bond acceptors (Lipinski definition) is 9. The van der Waals surface area contributed by atoms with Gasteiger partial charge in [-0.1, -0.05) is 23.7 Å². The van der Waals surface area contributed by atoms with Crippen molar-refractivity contribution in [1.82, 2.24) is 19.9 Å². The molecule has 3 heterocycles. The molecule has 4 rings (SSSR count). The average molecular weight is 502 g/mol. The lowest BCUT2D eigenvalue weighted by Gasteiger charge is -2.33. The number of piperazine rings is 1. The van der Waals surface area contributed by atoms with E-state index in [1.165, 1.54) is 6.20 Å². The third-order valence-electron chi connectivity index (χ3n) is 5.59. The Kier molecular flexibility index (Phi) is 7.26. The van der Waals surface area contributed by atoms with E-state index in [2.05, 4.69) is 42.4 Å². The first-order chi connectivity index (χ1) is 16.2. The Morgan fingerprint density at radius 3 is 2.44 bits per heavy atom. The van der Waals surface area contributed by atoms with Crippen LogP contribution in [0, 0.1) is 0 Å². The van der Waals surface area contributed by atoms with Crippen molar-refractivity contribution in [2.75, 3.05) is 69.2 Å². The van der Waals surface area contributed by atoms with Gasteiger partial charge in [-0.05, 0) is 44.6 Å². The second-order valence-corrected chi connectivity index (χ2v) is 12.1. The molecule has 0 atom stereocenters. The van der Waals surface area contributed by atoms with Gasteiger partial charge in [0.15, 0.2) is 5.82 Å². The highest BCUT2D eigenvalue weighted by Gasteiger charge is 2.19. The SMILES string of the molecule is COc1nc(N2CCN(C)CC2)ccc1Nc1ncc(Cl)c(Nc2ccccc2P(C)(C)=O)n1. The van der Waals surface area contributed by atoms with Gasteiger partial charge in [-0.3, -0.25) is 0 Å². The van der Waals surface area contributed by atoms with Crippen LogP contribution in [0.15, 0.2) is 42.6 Å². The van der Waals surface area contributed by atoms with Gasteiger partial charge < -0.3 is 29.7 Å². The summed E-state index contributed by atoms with van der Waals surface area (Å²) >= 11 is 6.36. The van der Waals surface area contributed by atoms with Crippen LogP contribution in [0.4, 0.5) is 29.0 Å². The molecule has 180 valence electrons. The van der Waals surface area contributed by atoms with E-state index in [9.17, 15) is 4.57 Å². The molecule has 34 heavy (non-hydrogen) atoms. The van der Waals surface area contributed by atoms with E-state index < -0.39 is 7.14 Å². The van der Waals surface area contributed by atoms with Gasteiger partial charge >= 0.3 is 0 Å². The van der Waals surface area contributed by atoms with Crippen molar-refractivity contribution >= 4 is 53.0 Å². The number of pyridine rings is 1. The molecule has 1 aliphatic rings. The molecule has 0 radical (unpaired) electrons. The van der Waals surface area contributed by atoms with E-state index in [0.717, 1.165) is 37.3 Å². The maximum atomic E-state index is 12.7. The summed E-state index contributed by atoms with van der Waals surface area (Å²) in [5.74, 6) is 2.05. The van der Waals surface area contributed by atoms with Crippen molar-refractivity contribution in [1.29, 1.82) is 0 Å². The summed E-state index contributed by atoms with van der Waals surface area (Å²) in [5.41, 5.74) is 1.33. The predicted molar refractivity (Wildman–Crippen MR) is 140 cm³/mol. The summed E-state index contributed by atoms with van der Waals surface area (Å²) in [6, 6.07) is 11.3. The zero-order valence-electron chi connectivity index (χ0n) is 19.7. The monoisotopic (exact) mass is 501 g/mol. The lowest BCUT2D eigenvalue weighted by molar-refractivity contribution is 0.311. The molecule has 0 unspecified atom stereocenters. The van der Waals surface area contributed by atoms with E-state index in [1.54, 1.807) is 20.4 Å². The van der Waals surface area contributed by atoms with E-state index in [0.29, 0.717) is 34.0 Å². The number of nitrogens with zero attached hydrogens (tertiary/aromatic N) is 5. The molecule has 1 aliphatic heterocycles. The number of ether oxygens (including phenoxy) is 1. The molecule has 9 nitrogen and oxygen atoms in total. The van der Waals surface area contributed by atoms with Crippen molar-refractivity contribution in [3.8, 4) is 5.88 Å². The number of hydrogen-bond donors (Lipinski definition) is 2. The van der Waals surface area contributed by atoms with Crippen molar-refractivity contribution in [2.24, 2.45) is 0 Å². The van der Waals surface area contributed by atoms with Gasteiger partial charge in [0.05, 0.1) is 19.0 Å². The quantitative estimate of drug-likeness (QED) is 0.465. The molecule has 0 bridgehead atoms. The summed E-state index contributed by atoms with van der Waals surface area (Å²) in [7, 11) is 1.20. The maximum absolute atomic E-state index is 12.7. The number of anilines is 5. The molecule has 11 heteroatoms. The Bertz CT molecular complexity index is 1210. The minimum absolute atomic E-state index is 0.327. The molecule has 0 aliphatic carbocycles. The van der Waals surface area contributed by atoms with Crippen LogP contribution < -0.4 is 25.6 Å². The van der Waals surface area contributed by atoms with Crippen LogP contribution in [-0.2, 0) is 4.57 Å². The lowest BCUT2D eigenvalue weighted by Crippen LogP contribution is -2.44. The Morgan fingerprint density at radius 2 is 1.74 bits per heavy atom. The topological polar surface area (TPSA) is 95.5 Å². The fraction of sp³-hybridized carbons (Fsp3) is 0.348. The van der Waals surface area contributed by atoms with E-state index in [-0.39, 0.29) is 0 Å². The van der Waals surface area contributed by atoms with Crippen LogP contribution in [-0.4, -0.2) is 73.5 Å². The minimum Gasteiger partial charge on any atom is -0.479 e. The summed E-state index contributed by atoms with van der Waals surface area (Å²) in [4.78, 5) is 18.0. The third kappa shape index (κ3) is 5.60. The van der Waals surface area contributed by atoms with Gasteiger partial charge in [0.2, 0.25) is 11.8 Å². The Labute approximate surface area is 204 Å². The zero-order valence-corrected chi connectivity index (χ0v) is 21.4. The highest BCUT2D eigenvalue weighted by atomic mass is 35.5. The van der Waals surface area contributed by atoms with E-state index >= 15 is 0 Å². The highest BCUT2D eigenvalue weighted by Crippen LogP contribution is 2.38. The van der Waals surface area contributed by atoms with Crippen LogP contribution >= 0.6 is 18.7 Å². The first-order valence-electron chi connectivity index (χ1n) is 10.9. The van der Waals surface area contributed by atoms with Crippen LogP contribution in [0.25, 0.3) is 0 Å². The fourth-order valence-electron chi connectivity index (χ4n) is 3.71. The maximum Gasteiger partial charge on any atom is 0.239 e. The zero-order chi connectivity index (χ0) is 24.3. The van der Waals surface area contributed by atoms with Gasteiger partial charge in [-0.15, -0.1) is 0 Å². The normalized spacial score (nSPS) is 14.7. The lowest BCUT2D eigenvalue weighted by atomic mass is 10.3. The minimum atomic E-state index is -2.50. The number of halogens is 1. The van der Waals surface area contributed by atoms with Crippen LogP contribution in [0.1, 0.15) is 0 Å². The van der Waals surface area contributed by atoms with Gasteiger partial charge in [0.1, 0.15) is 23.7 Å². The van der Waals surface area contributed by atoms with Crippen molar-refractivity contribution < 1.29 is 9.30 Å². The van der Waals surface area contributed by atoms with Gasteiger partial charge in [-0.25, -0.2) is 4.98 Å². The standard InChI is InChI=1S/C23H29ClN7O2P/c1-30-11-13-31(14-12-30)20-10-9-18(22(28-20)33-2)27-23-25-15-16(24)21(29-23)26-17-7-5-6-8-19(17)34(3,4)32/h5-10,15H,11-14H2,1-4H3,(H2,25,26,27,29). The molecule has 3 aromatic rings. The van der Waals surface area contributed by atoms with E-state index in [4.69, 9.17) is 16.3 Å². The number of aromatic nitrogens is 3. The highest BCUT2D eigenvalue weighted by molar-refractivity contribution is 7.70. The molecule has 2 aromatic heterocycles. The van der Waals surface area contributed by atoms with Crippen molar-refractivity contribution in [3.05, 3.63) is 47.6 Å². The van der Waals surface area contributed by atoms with Crippen LogP contribution in [0.2, 0.25) is 5.02 Å². The number of nitrogens with one attached hydrogen (secondary N) is 2. The fourth-order valence-corrected chi connectivity index (χ4v) is 5.00. The van der Waals surface area contributed by atoms with Crippen molar-refractivity contribution in [2.45, 2.75) is 0 Å². The number of methoxy groups -OCH3 is 1. The Hall–Kier alpha value is -2.87. The second kappa shape index (κ2) is 10.2. The Morgan fingerprint density at radius 1 is 1.00 bits per heavy atom. The molecule has 2 N–H and O–H groups in total. The summed E-state index contributed by atoms with van der Waals surface area (Å²) < 4.78 is 18.2. The molecule has 1 fully saturated rings. The summed E-state index contributed by atoms with van der Waals surface area (Å²) in [6.45, 7) is 7.28. The summed E-state index contributed by atoms with van der Waals surface area (Å²) in [6.07, 6.45) is 1.51. The van der Waals surface area contributed by atoms with Gasteiger partial charge in [0, 0.05) is 31.5 Å². The molecule has 0 amide bonds. The largest absolute Gasteiger partial charge is 0.479 e. The molecule has 0 spiro atoms. The Balaban J connectivity index is 1.56. The smallest absolute Gasteiger partial charge is 0.239 e. The predicted octanol–water partition coefficient (Wildman–Crippen LogP) is 4.02. The molecule has 0 saturated carbocycles. The third-order valence-corrected chi connectivity index (χ3v) is 7.42. The van der Waals surface area contributed by atoms with Crippen molar-refractivity contribution in [3.63, 3.8) is 0 Å². The van der Waals surface area contributed by atoms with Gasteiger partial charge in [0.25, 0.3) is 0 Å². The number of para-hydroxylation sites is 1. The first kappa shape index (κ1) is 24.3. The number of rotatable bonds is 7. The van der Waals surface area contributed by atoms with Crippen LogP contribution in [0.3, 0.4) is 0 Å². The molecule has 1 saturated heterocycles. The second-order valence-electron chi connectivity index (χ2n) is 8.52. The van der Waals surface area contributed by atoms with E-state index in [1.807, 2.05) is 36.4 Å². The number of likely N-dealkylation sites (N-methyl/N-ethyl adjacent to an activating group) is 1.